The first-order valence-electron chi connectivity index (χ1n) is 8.05. The number of carbonyl (C=O) groups is 1. The summed E-state index contributed by atoms with van der Waals surface area (Å²) < 4.78 is 25.5. The molecule has 0 unspecified atom stereocenters. The first-order chi connectivity index (χ1) is 11.8. The van der Waals surface area contributed by atoms with Crippen molar-refractivity contribution in [1.82, 2.24) is 15.3 Å². The van der Waals surface area contributed by atoms with E-state index in [4.69, 9.17) is 0 Å². The van der Waals surface area contributed by atoms with Crippen molar-refractivity contribution in [1.29, 1.82) is 0 Å². The molecule has 2 N–H and O–H groups in total. The summed E-state index contributed by atoms with van der Waals surface area (Å²) >= 11 is 0. The number of benzene rings is 1. The van der Waals surface area contributed by atoms with Crippen LogP contribution in [0.15, 0.2) is 35.1 Å². The minimum Gasteiger partial charge on any atom is -0.343 e. The number of hydrogen-bond donors (Lipinski definition) is 2. The van der Waals surface area contributed by atoms with Crippen LogP contribution in [-0.4, -0.2) is 15.9 Å². The molecule has 2 aromatic rings. The lowest BCUT2D eigenvalue weighted by molar-refractivity contribution is 0.0913. The highest BCUT2D eigenvalue weighted by atomic mass is 19.3. The molecule has 132 valence electrons. The van der Waals surface area contributed by atoms with Gasteiger partial charge in [0.25, 0.3) is 17.9 Å². The Bertz CT molecular complexity index is 842. The molecule has 1 aromatic heterocycles. The Morgan fingerprint density at radius 1 is 1.24 bits per heavy atom. The van der Waals surface area contributed by atoms with E-state index in [1.54, 1.807) is 19.1 Å². The third-order valence-electron chi connectivity index (χ3n) is 4.63. The predicted octanol–water partition coefficient (Wildman–Crippen LogP) is 3.29. The van der Waals surface area contributed by atoms with Crippen LogP contribution < -0.4 is 10.9 Å². The standard InChI is InChI=1S/C18H19F2N3O2/c1-10-21-13(9-14(24)22-10)17(25)23-15(18(2)7-8-18)11-3-5-12(6-4-11)16(19)20/h3-6,9,15-16H,7-8H2,1-2H3,(H,23,25)(H,21,22,24)/t15-/m0/s1. The fraction of sp³-hybridized carbons (Fsp3) is 0.389. The summed E-state index contributed by atoms with van der Waals surface area (Å²) in [5.41, 5.74) is 0.229. The highest BCUT2D eigenvalue weighted by Crippen LogP contribution is 2.54. The molecule has 1 heterocycles. The van der Waals surface area contributed by atoms with Crippen LogP contribution in [0.5, 0.6) is 0 Å². The van der Waals surface area contributed by atoms with Gasteiger partial charge in [-0.2, -0.15) is 0 Å². The Balaban J connectivity index is 1.87. The van der Waals surface area contributed by atoms with Gasteiger partial charge >= 0.3 is 0 Å². The zero-order chi connectivity index (χ0) is 18.2. The maximum atomic E-state index is 12.7. The van der Waals surface area contributed by atoms with Crippen molar-refractivity contribution < 1.29 is 13.6 Å². The molecular formula is C18H19F2N3O2. The van der Waals surface area contributed by atoms with Crippen molar-refractivity contribution >= 4 is 5.91 Å². The number of amides is 1. The van der Waals surface area contributed by atoms with Crippen LogP contribution in [0.1, 0.15) is 59.7 Å². The first-order valence-corrected chi connectivity index (χ1v) is 8.05. The second-order valence-electron chi connectivity index (χ2n) is 6.74. The second kappa shape index (κ2) is 6.38. The molecule has 5 nitrogen and oxygen atoms in total. The van der Waals surface area contributed by atoms with Gasteiger partial charge in [-0.15, -0.1) is 0 Å². The average molecular weight is 347 g/mol. The van der Waals surface area contributed by atoms with Gasteiger partial charge in [0.2, 0.25) is 0 Å². The molecular weight excluding hydrogens is 328 g/mol. The summed E-state index contributed by atoms with van der Waals surface area (Å²) in [6, 6.07) is 6.81. The van der Waals surface area contributed by atoms with Gasteiger partial charge in [0.15, 0.2) is 0 Å². The largest absolute Gasteiger partial charge is 0.343 e. The number of rotatable bonds is 5. The number of carbonyl (C=O) groups excluding carboxylic acids is 1. The molecule has 0 bridgehead atoms. The molecule has 7 heteroatoms. The van der Waals surface area contributed by atoms with Gasteiger partial charge in [-0.1, -0.05) is 31.2 Å². The van der Waals surface area contributed by atoms with Crippen LogP contribution in [0.2, 0.25) is 0 Å². The Labute approximate surface area is 143 Å². The Morgan fingerprint density at radius 3 is 2.36 bits per heavy atom. The van der Waals surface area contributed by atoms with E-state index in [2.05, 4.69) is 15.3 Å². The minimum absolute atomic E-state index is 0.0414. The SMILES string of the molecule is Cc1nc(C(=O)N[C@@H](c2ccc(C(F)F)cc2)C2(C)CC2)cc(=O)[nH]1. The lowest BCUT2D eigenvalue weighted by Gasteiger charge is -2.25. The van der Waals surface area contributed by atoms with E-state index in [9.17, 15) is 18.4 Å². The second-order valence-corrected chi connectivity index (χ2v) is 6.74. The third kappa shape index (κ3) is 3.75. The lowest BCUT2D eigenvalue weighted by Crippen LogP contribution is -2.34. The highest BCUT2D eigenvalue weighted by Gasteiger charge is 2.46. The van der Waals surface area contributed by atoms with E-state index in [0.717, 1.165) is 24.5 Å². The van der Waals surface area contributed by atoms with Crippen molar-refractivity contribution in [2.75, 3.05) is 0 Å². The molecule has 0 saturated heterocycles. The van der Waals surface area contributed by atoms with Crippen molar-refractivity contribution in [3.8, 4) is 0 Å². The lowest BCUT2D eigenvalue weighted by atomic mass is 9.91. The Morgan fingerprint density at radius 2 is 1.84 bits per heavy atom. The summed E-state index contributed by atoms with van der Waals surface area (Å²) in [5, 5.41) is 2.91. The molecule has 25 heavy (non-hydrogen) atoms. The maximum Gasteiger partial charge on any atom is 0.270 e. The zero-order valence-electron chi connectivity index (χ0n) is 14.0. The fourth-order valence-corrected chi connectivity index (χ4v) is 2.88. The van der Waals surface area contributed by atoms with Crippen molar-refractivity contribution in [3.05, 3.63) is 63.3 Å². The van der Waals surface area contributed by atoms with E-state index < -0.39 is 17.9 Å². The monoisotopic (exact) mass is 347 g/mol. The van der Waals surface area contributed by atoms with Gasteiger partial charge in [-0.05, 0) is 30.7 Å². The molecule has 1 aromatic carbocycles. The third-order valence-corrected chi connectivity index (χ3v) is 4.63. The van der Waals surface area contributed by atoms with Gasteiger partial charge in [0.1, 0.15) is 11.5 Å². The van der Waals surface area contributed by atoms with Crippen LogP contribution in [0.3, 0.4) is 0 Å². The van der Waals surface area contributed by atoms with Gasteiger partial charge in [-0.25, -0.2) is 13.8 Å². The van der Waals surface area contributed by atoms with Crippen LogP contribution >= 0.6 is 0 Å². The quantitative estimate of drug-likeness (QED) is 0.871. The zero-order valence-corrected chi connectivity index (χ0v) is 14.0. The normalized spacial score (nSPS) is 16.5. The summed E-state index contributed by atoms with van der Waals surface area (Å²) in [5.74, 6) is -0.0987. The number of H-pyrrole nitrogens is 1. The van der Waals surface area contributed by atoms with E-state index in [1.807, 2.05) is 6.92 Å². The number of aryl methyl sites for hydroxylation is 1. The molecule has 0 radical (unpaired) electrons. The van der Waals surface area contributed by atoms with Gasteiger partial charge < -0.3 is 10.3 Å². The van der Waals surface area contributed by atoms with E-state index >= 15 is 0 Å². The molecule has 1 aliphatic carbocycles. The molecule has 1 fully saturated rings. The van der Waals surface area contributed by atoms with E-state index in [-0.39, 0.29) is 22.7 Å². The number of halogens is 2. The summed E-state index contributed by atoms with van der Waals surface area (Å²) in [6.45, 7) is 3.64. The highest BCUT2D eigenvalue weighted by molar-refractivity contribution is 5.92. The molecule has 1 atom stereocenters. The topological polar surface area (TPSA) is 74.8 Å². The molecule has 1 amide bonds. The number of nitrogens with one attached hydrogen (secondary N) is 2. The van der Waals surface area contributed by atoms with Crippen molar-refractivity contribution in [2.45, 2.75) is 39.2 Å². The van der Waals surface area contributed by atoms with Gasteiger partial charge in [0, 0.05) is 11.6 Å². The predicted molar refractivity (Wildman–Crippen MR) is 88.5 cm³/mol. The fourth-order valence-electron chi connectivity index (χ4n) is 2.88. The van der Waals surface area contributed by atoms with Crippen LogP contribution in [0.4, 0.5) is 8.78 Å². The van der Waals surface area contributed by atoms with Gasteiger partial charge in [0.05, 0.1) is 6.04 Å². The maximum absolute atomic E-state index is 12.7. The van der Waals surface area contributed by atoms with Gasteiger partial charge in [-0.3, -0.25) is 9.59 Å². The summed E-state index contributed by atoms with van der Waals surface area (Å²) in [7, 11) is 0. The molecule has 0 aliphatic heterocycles. The molecule has 3 rings (SSSR count). The van der Waals surface area contributed by atoms with Crippen LogP contribution in [0, 0.1) is 12.3 Å². The Hall–Kier alpha value is -2.57. The average Bonchev–Trinajstić information content (AvgIpc) is 3.30. The molecule has 0 spiro atoms. The van der Waals surface area contributed by atoms with Crippen molar-refractivity contribution in [3.63, 3.8) is 0 Å². The Kier molecular flexibility index (Phi) is 4.41. The smallest absolute Gasteiger partial charge is 0.270 e. The molecule has 1 saturated carbocycles. The number of aromatic nitrogens is 2. The number of aromatic amines is 1. The summed E-state index contributed by atoms with van der Waals surface area (Å²) in [4.78, 5) is 30.6. The number of hydrogen-bond acceptors (Lipinski definition) is 3. The van der Waals surface area contributed by atoms with Crippen molar-refractivity contribution in [2.24, 2.45) is 5.41 Å². The number of nitrogens with zero attached hydrogens (tertiary/aromatic N) is 1. The minimum atomic E-state index is -2.53. The first kappa shape index (κ1) is 17.3. The van der Waals surface area contributed by atoms with Crippen LogP contribution in [0.25, 0.3) is 0 Å². The van der Waals surface area contributed by atoms with E-state index in [1.165, 1.54) is 12.1 Å². The van der Waals surface area contributed by atoms with E-state index in [0.29, 0.717) is 5.82 Å². The van der Waals surface area contributed by atoms with Crippen LogP contribution in [-0.2, 0) is 0 Å². The molecule has 1 aliphatic rings. The summed E-state index contributed by atoms with van der Waals surface area (Å²) in [6.07, 6.45) is -0.672. The number of alkyl halides is 2.